The van der Waals surface area contributed by atoms with Gasteiger partial charge < -0.3 is 14.2 Å². The zero-order chi connectivity index (χ0) is 19.9. The van der Waals surface area contributed by atoms with Crippen LogP contribution in [0.15, 0.2) is 18.2 Å². The molecular weight excluding hydrogens is 350 g/mol. The van der Waals surface area contributed by atoms with E-state index in [9.17, 15) is 8.78 Å². The summed E-state index contributed by atoms with van der Waals surface area (Å²) in [6.45, 7) is 6.15. The molecule has 0 radical (unpaired) electrons. The van der Waals surface area contributed by atoms with Crippen LogP contribution in [-0.2, 0) is 20.6 Å². The topological polar surface area (TPSA) is 27.7 Å². The predicted molar refractivity (Wildman–Crippen MR) is 105 cm³/mol. The lowest BCUT2D eigenvalue weighted by Crippen LogP contribution is -2.29. The molecule has 0 fully saturated rings. The van der Waals surface area contributed by atoms with Gasteiger partial charge >= 0.3 is 0 Å². The second-order valence-corrected chi connectivity index (χ2v) is 6.81. The van der Waals surface area contributed by atoms with E-state index < -0.39 is 18.1 Å². The van der Waals surface area contributed by atoms with Crippen LogP contribution in [0, 0.1) is 11.6 Å². The Labute approximate surface area is 163 Å². The maximum Gasteiger partial charge on any atom is 0.271 e. The van der Waals surface area contributed by atoms with Crippen LogP contribution < -0.4 is 0 Å². The molecule has 1 aromatic rings. The first-order chi connectivity index (χ1) is 13.1. The van der Waals surface area contributed by atoms with Crippen molar-refractivity contribution in [2.75, 3.05) is 13.2 Å². The van der Waals surface area contributed by atoms with Crippen molar-refractivity contribution in [1.82, 2.24) is 0 Å². The van der Waals surface area contributed by atoms with E-state index in [4.69, 9.17) is 14.2 Å². The molecule has 0 heterocycles. The Morgan fingerprint density at radius 1 is 0.852 bits per heavy atom. The third-order valence-electron chi connectivity index (χ3n) is 4.50. The van der Waals surface area contributed by atoms with E-state index in [2.05, 4.69) is 6.92 Å². The Morgan fingerprint density at radius 3 is 2.07 bits per heavy atom. The predicted octanol–water partition coefficient (Wildman–Crippen LogP) is 6.39. The van der Waals surface area contributed by atoms with Gasteiger partial charge in [0.2, 0.25) is 0 Å². The molecule has 0 aliphatic heterocycles. The summed E-state index contributed by atoms with van der Waals surface area (Å²) in [5, 5.41) is 0. The molecule has 0 saturated carbocycles. The molecule has 5 heteroatoms. The van der Waals surface area contributed by atoms with Crippen LogP contribution in [0.25, 0.3) is 0 Å². The van der Waals surface area contributed by atoms with E-state index in [1.807, 2.05) is 13.8 Å². The highest BCUT2D eigenvalue weighted by molar-refractivity contribution is 5.19. The standard InChI is InChI=1S/C22H36F2O3/c1-4-7-8-9-10-11-12-13-20(27-22(25-5-2)26-6-3)16-18-14-15-19(23)17-21(18)24/h14-15,17,20,22H,4-13,16H2,1-3H3. The number of hydrogen-bond donors (Lipinski definition) is 0. The smallest absolute Gasteiger partial charge is 0.271 e. The maximum absolute atomic E-state index is 14.0. The molecule has 0 aromatic heterocycles. The third-order valence-corrected chi connectivity index (χ3v) is 4.50. The fourth-order valence-electron chi connectivity index (χ4n) is 3.04. The van der Waals surface area contributed by atoms with Crippen LogP contribution in [0.5, 0.6) is 0 Å². The molecule has 0 saturated heterocycles. The van der Waals surface area contributed by atoms with Gasteiger partial charge in [-0.05, 0) is 31.9 Å². The number of ether oxygens (including phenoxy) is 3. The van der Waals surface area contributed by atoms with Crippen molar-refractivity contribution in [3.8, 4) is 0 Å². The van der Waals surface area contributed by atoms with Crippen LogP contribution in [0.1, 0.15) is 77.7 Å². The molecule has 0 bridgehead atoms. The molecule has 156 valence electrons. The van der Waals surface area contributed by atoms with Crippen molar-refractivity contribution in [3.05, 3.63) is 35.4 Å². The van der Waals surface area contributed by atoms with Gasteiger partial charge in [0.1, 0.15) is 11.6 Å². The van der Waals surface area contributed by atoms with E-state index in [-0.39, 0.29) is 6.10 Å². The summed E-state index contributed by atoms with van der Waals surface area (Å²) in [7, 11) is 0. The fourth-order valence-corrected chi connectivity index (χ4v) is 3.04. The van der Waals surface area contributed by atoms with Gasteiger partial charge in [-0.1, -0.05) is 57.9 Å². The number of benzene rings is 1. The van der Waals surface area contributed by atoms with Crippen molar-refractivity contribution < 1.29 is 23.0 Å². The Balaban J connectivity index is 2.59. The molecule has 1 atom stereocenters. The van der Waals surface area contributed by atoms with Crippen molar-refractivity contribution in [2.45, 2.75) is 91.1 Å². The molecule has 1 rings (SSSR count). The van der Waals surface area contributed by atoms with E-state index in [0.717, 1.165) is 25.3 Å². The third kappa shape index (κ3) is 10.8. The molecule has 0 N–H and O–H groups in total. The lowest BCUT2D eigenvalue weighted by Gasteiger charge is -2.24. The molecule has 1 aromatic carbocycles. The van der Waals surface area contributed by atoms with Crippen LogP contribution in [0.3, 0.4) is 0 Å². The summed E-state index contributed by atoms with van der Waals surface area (Å²) >= 11 is 0. The first-order valence-corrected chi connectivity index (χ1v) is 10.4. The highest BCUT2D eigenvalue weighted by Crippen LogP contribution is 2.19. The lowest BCUT2D eigenvalue weighted by atomic mass is 10.0. The van der Waals surface area contributed by atoms with Crippen LogP contribution in [0.2, 0.25) is 0 Å². The Kier molecular flexibility index (Phi) is 13.3. The van der Waals surface area contributed by atoms with Gasteiger partial charge in [-0.3, -0.25) is 0 Å². The molecule has 27 heavy (non-hydrogen) atoms. The minimum atomic E-state index is -0.752. The summed E-state index contributed by atoms with van der Waals surface area (Å²) < 4.78 is 44.1. The zero-order valence-corrected chi connectivity index (χ0v) is 17.1. The number of halogens is 2. The zero-order valence-electron chi connectivity index (χ0n) is 17.1. The summed E-state index contributed by atoms with van der Waals surface area (Å²) in [6.07, 6.45) is 9.35. The number of rotatable bonds is 16. The first-order valence-electron chi connectivity index (χ1n) is 10.4. The highest BCUT2D eigenvalue weighted by Gasteiger charge is 2.19. The molecule has 1 unspecified atom stereocenters. The summed E-state index contributed by atoms with van der Waals surface area (Å²) in [6, 6.07) is 3.69. The minimum absolute atomic E-state index is 0.233. The quantitative estimate of drug-likeness (QED) is 0.243. The van der Waals surface area contributed by atoms with Crippen LogP contribution >= 0.6 is 0 Å². The van der Waals surface area contributed by atoms with Crippen molar-refractivity contribution in [2.24, 2.45) is 0 Å². The summed E-state index contributed by atoms with van der Waals surface area (Å²) in [5.74, 6) is -1.10. The van der Waals surface area contributed by atoms with E-state index in [1.165, 1.54) is 44.2 Å². The summed E-state index contributed by atoms with van der Waals surface area (Å²) in [4.78, 5) is 0. The SMILES string of the molecule is CCCCCCCCCC(Cc1ccc(F)cc1F)OC(OCC)OCC. The molecule has 0 aliphatic carbocycles. The summed E-state index contributed by atoms with van der Waals surface area (Å²) in [5.41, 5.74) is 0.455. The van der Waals surface area contributed by atoms with Crippen molar-refractivity contribution in [1.29, 1.82) is 0 Å². The Hall–Kier alpha value is -1.04. The van der Waals surface area contributed by atoms with Gasteiger partial charge in [0, 0.05) is 25.7 Å². The van der Waals surface area contributed by atoms with E-state index in [1.54, 1.807) is 0 Å². The molecule has 3 nitrogen and oxygen atoms in total. The van der Waals surface area contributed by atoms with Crippen molar-refractivity contribution >= 4 is 0 Å². The Morgan fingerprint density at radius 2 is 1.48 bits per heavy atom. The second kappa shape index (κ2) is 14.9. The lowest BCUT2D eigenvalue weighted by molar-refractivity contribution is -0.302. The van der Waals surface area contributed by atoms with Gasteiger partial charge in [-0.25, -0.2) is 8.78 Å². The van der Waals surface area contributed by atoms with Gasteiger partial charge in [0.15, 0.2) is 0 Å². The second-order valence-electron chi connectivity index (χ2n) is 6.81. The van der Waals surface area contributed by atoms with Gasteiger partial charge in [0.05, 0.1) is 6.10 Å². The minimum Gasteiger partial charge on any atom is -0.330 e. The largest absolute Gasteiger partial charge is 0.330 e. The monoisotopic (exact) mass is 386 g/mol. The maximum atomic E-state index is 14.0. The molecule has 0 amide bonds. The van der Waals surface area contributed by atoms with Gasteiger partial charge in [-0.2, -0.15) is 0 Å². The number of hydrogen-bond acceptors (Lipinski definition) is 3. The van der Waals surface area contributed by atoms with E-state index in [0.29, 0.717) is 25.2 Å². The molecule has 0 spiro atoms. The molecule has 0 aliphatic rings. The van der Waals surface area contributed by atoms with E-state index >= 15 is 0 Å². The highest BCUT2D eigenvalue weighted by atomic mass is 19.1. The number of unbranched alkanes of at least 4 members (excludes halogenated alkanes) is 6. The van der Waals surface area contributed by atoms with Gasteiger partial charge in [-0.15, -0.1) is 0 Å². The fraction of sp³-hybridized carbons (Fsp3) is 0.727. The Bertz CT molecular complexity index is 490. The average Bonchev–Trinajstić information content (AvgIpc) is 2.63. The van der Waals surface area contributed by atoms with Crippen LogP contribution in [0.4, 0.5) is 8.78 Å². The van der Waals surface area contributed by atoms with Crippen LogP contribution in [-0.4, -0.2) is 25.8 Å². The molecular formula is C22H36F2O3. The van der Waals surface area contributed by atoms with Gasteiger partial charge in [0.25, 0.3) is 6.48 Å². The van der Waals surface area contributed by atoms with Crippen molar-refractivity contribution in [3.63, 3.8) is 0 Å². The average molecular weight is 387 g/mol. The normalized spacial score (nSPS) is 12.7. The first kappa shape index (κ1) is 24.0.